The maximum absolute atomic E-state index is 5.74. The summed E-state index contributed by atoms with van der Waals surface area (Å²) in [7, 11) is 0. The van der Waals surface area contributed by atoms with Crippen molar-refractivity contribution in [3.05, 3.63) is 29.8 Å². The van der Waals surface area contributed by atoms with Crippen molar-refractivity contribution >= 4 is 11.8 Å². The van der Waals surface area contributed by atoms with Crippen LogP contribution in [0, 0.1) is 0 Å². The van der Waals surface area contributed by atoms with Crippen molar-refractivity contribution in [1.82, 2.24) is 5.32 Å². The molecule has 18 heavy (non-hydrogen) atoms. The van der Waals surface area contributed by atoms with Crippen molar-refractivity contribution in [2.75, 3.05) is 25.4 Å². The Morgan fingerprint density at radius 1 is 1.22 bits per heavy atom. The van der Waals surface area contributed by atoms with E-state index in [1.165, 1.54) is 35.5 Å². The number of hydrogen-bond donors (Lipinski definition) is 1. The molecule has 2 unspecified atom stereocenters. The molecule has 2 aliphatic heterocycles. The normalized spacial score (nSPS) is 27.1. The van der Waals surface area contributed by atoms with E-state index >= 15 is 0 Å². The second-order valence-corrected chi connectivity index (χ2v) is 6.25. The zero-order chi connectivity index (χ0) is 12.2. The molecule has 0 saturated carbocycles. The van der Waals surface area contributed by atoms with Crippen molar-refractivity contribution < 1.29 is 4.74 Å². The van der Waals surface area contributed by atoms with Crippen molar-refractivity contribution in [3.63, 3.8) is 0 Å². The maximum Gasteiger partial charge on any atom is 0.0699 e. The molecule has 2 aliphatic rings. The lowest BCUT2D eigenvalue weighted by Crippen LogP contribution is -2.34. The molecule has 1 saturated heterocycles. The van der Waals surface area contributed by atoms with Crippen LogP contribution in [0.15, 0.2) is 29.2 Å². The van der Waals surface area contributed by atoms with Gasteiger partial charge in [0.15, 0.2) is 0 Å². The molecular formula is C15H21NOS. The third kappa shape index (κ3) is 2.90. The molecule has 0 amide bonds. The van der Waals surface area contributed by atoms with Crippen LogP contribution in [0.3, 0.4) is 0 Å². The lowest BCUT2D eigenvalue weighted by atomic mass is 10.0. The molecule has 3 rings (SSSR count). The van der Waals surface area contributed by atoms with Gasteiger partial charge >= 0.3 is 0 Å². The molecule has 3 heteroatoms. The Kier molecular flexibility index (Phi) is 4.24. The van der Waals surface area contributed by atoms with E-state index in [4.69, 9.17) is 4.74 Å². The van der Waals surface area contributed by atoms with Crippen molar-refractivity contribution in [1.29, 1.82) is 0 Å². The van der Waals surface area contributed by atoms with Crippen LogP contribution in [0.25, 0.3) is 0 Å². The molecule has 1 aromatic rings. The Bertz CT molecular complexity index is 390. The number of benzene rings is 1. The Labute approximate surface area is 113 Å². The Morgan fingerprint density at radius 2 is 2.17 bits per heavy atom. The third-order valence-electron chi connectivity index (χ3n) is 3.84. The third-order valence-corrected chi connectivity index (χ3v) is 5.09. The molecule has 0 bridgehead atoms. The molecule has 0 radical (unpaired) electrons. The summed E-state index contributed by atoms with van der Waals surface area (Å²) in [5.41, 5.74) is 1.53. The van der Waals surface area contributed by atoms with E-state index in [0.717, 1.165) is 19.7 Å². The van der Waals surface area contributed by atoms with Crippen LogP contribution in [0.1, 0.15) is 30.7 Å². The number of nitrogens with one attached hydrogen (secondary N) is 1. The highest BCUT2D eigenvalue weighted by molar-refractivity contribution is 7.99. The Hall–Kier alpha value is -0.510. The zero-order valence-electron chi connectivity index (χ0n) is 10.7. The molecule has 1 fully saturated rings. The van der Waals surface area contributed by atoms with E-state index in [1.54, 1.807) is 0 Å². The van der Waals surface area contributed by atoms with Crippen molar-refractivity contribution in [3.8, 4) is 0 Å². The predicted octanol–water partition coefficient (Wildman–Crippen LogP) is 3.03. The number of rotatable bonds is 4. The second kappa shape index (κ2) is 6.09. The molecule has 0 aliphatic carbocycles. The van der Waals surface area contributed by atoms with Gasteiger partial charge in [-0.1, -0.05) is 18.2 Å². The fourth-order valence-electron chi connectivity index (χ4n) is 2.79. The second-order valence-electron chi connectivity index (χ2n) is 5.19. The number of thioether (sulfide) groups is 1. The first-order chi connectivity index (χ1) is 8.93. The quantitative estimate of drug-likeness (QED) is 0.902. The molecule has 98 valence electrons. The minimum Gasteiger partial charge on any atom is -0.377 e. The summed E-state index contributed by atoms with van der Waals surface area (Å²) in [6.07, 6.45) is 4.24. The van der Waals surface area contributed by atoms with Gasteiger partial charge in [-0.2, -0.15) is 0 Å². The van der Waals surface area contributed by atoms with Gasteiger partial charge in [0.2, 0.25) is 0 Å². The molecule has 2 atom stereocenters. The number of hydrogen-bond acceptors (Lipinski definition) is 3. The molecular weight excluding hydrogens is 242 g/mol. The van der Waals surface area contributed by atoms with E-state index in [2.05, 4.69) is 29.6 Å². The van der Waals surface area contributed by atoms with Crippen molar-refractivity contribution in [2.24, 2.45) is 0 Å². The monoisotopic (exact) mass is 263 g/mol. The molecule has 0 spiro atoms. The fourth-order valence-corrected chi connectivity index (χ4v) is 4.04. The first-order valence-electron chi connectivity index (χ1n) is 6.97. The number of ether oxygens (including phenoxy) is 1. The van der Waals surface area contributed by atoms with Gasteiger partial charge in [-0.3, -0.25) is 0 Å². The van der Waals surface area contributed by atoms with Crippen LogP contribution in [0.5, 0.6) is 0 Å². The van der Waals surface area contributed by atoms with Crippen LogP contribution < -0.4 is 5.32 Å². The van der Waals surface area contributed by atoms with Gasteiger partial charge in [-0.15, -0.1) is 11.8 Å². The smallest absolute Gasteiger partial charge is 0.0699 e. The topological polar surface area (TPSA) is 21.3 Å². The first-order valence-corrected chi connectivity index (χ1v) is 7.96. The fraction of sp³-hybridized carbons (Fsp3) is 0.600. The van der Waals surface area contributed by atoms with Gasteiger partial charge in [-0.05, 0) is 30.9 Å². The summed E-state index contributed by atoms with van der Waals surface area (Å²) in [6.45, 7) is 3.06. The predicted molar refractivity (Wildman–Crippen MR) is 76.4 cm³/mol. The van der Waals surface area contributed by atoms with Crippen molar-refractivity contribution in [2.45, 2.75) is 36.2 Å². The minimum absolute atomic E-state index is 0.447. The highest BCUT2D eigenvalue weighted by Crippen LogP contribution is 2.38. The van der Waals surface area contributed by atoms with Crippen LogP contribution in [-0.4, -0.2) is 31.6 Å². The van der Waals surface area contributed by atoms with Gasteiger partial charge in [-0.25, -0.2) is 0 Å². The van der Waals surface area contributed by atoms with E-state index < -0.39 is 0 Å². The van der Waals surface area contributed by atoms with Crippen LogP contribution in [0.2, 0.25) is 0 Å². The molecule has 1 N–H and O–H groups in total. The average molecular weight is 263 g/mol. The number of fused-ring (bicyclic) bond motifs is 1. The van der Waals surface area contributed by atoms with E-state index in [9.17, 15) is 0 Å². The van der Waals surface area contributed by atoms with E-state index in [0.29, 0.717) is 12.0 Å². The maximum atomic E-state index is 5.74. The Balaban J connectivity index is 1.47. The summed E-state index contributed by atoms with van der Waals surface area (Å²) in [6, 6.07) is 8.81. The van der Waals surface area contributed by atoms with Gasteiger partial charge in [0, 0.05) is 36.3 Å². The van der Waals surface area contributed by atoms with Crippen LogP contribution in [-0.2, 0) is 4.74 Å². The molecule has 2 heterocycles. The highest BCUT2D eigenvalue weighted by atomic mass is 32.2. The zero-order valence-corrected chi connectivity index (χ0v) is 11.5. The van der Waals surface area contributed by atoms with E-state index in [-0.39, 0.29) is 0 Å². The Morgan fingerprint density at radius 3 is 3.06 bits per heavy atom. The van der Waals surface area contributed by atoms with Gasteiger partial charge in [0.25, 0.3) is 0 Å². The van der Waals surface area contributed by atoms with Gasteiger partial charge in [0.05, 0.1) is 6.10 Å². The van der Waals surface area contributed by atoms with Gasteiger partial charge < -0.3 is 10.1 Å². The summed E-state index contributed by atoms with van der Waals surface area (Å²) in [5, 5.41) is 3.60. The molecule has 1 aromatic carbocycles. The average Bonchev–Trinajstić information content (AvgIpc) is 2.84. The highest BCUT2D eigenvalue weighted by Gasteiger charge is 2.22. The van der Waals surface area contributed by atoms with Crippen LogP contribution in [0.4, 0.5) is 0 Å². The SMILES string of the molecule is c1ccc2c(c1)SCC2CNCC1CCCCO1. The summed E-state index contributed by atoms with van der Waals surface area (Å²) in [4.78, 5) is 1.47. The lowest BCUT2D eigenvalue weighted by Gasteiger charge is -2.23. The first kappa shape index (κ1) is 12.5. The standard InChI is InChI=1S/C15H21NOS/c1-2-7-15-14(6-1)12(11-18-15)9-16-10-13-5-3-4-8-17-13/h1-2,6-7,12-13,16H,3-5,8-11H2. The van der Waals surface area contributed by atoms with E-state index in [1.807, 2.05) is 11.8 Å². The lowest BCUT2D eigenvalue weighted by molar-refractivity contribution is 0.0169. The summed E-state index contributed by atoms with van der Waals surface area (Å²) < 4.78 is 5.74. The summed E-state index contributed by atoms with van der Waals surface area (Å²) >= 11 is 1.99. The summed E-state index contributed by atoms with van der Waals surface area (Å²) in [5.74, 6) is 1.90. The largest absolute Gasteiger partial charge is 0.377 e. The molecule has 0 aromatic heterocycles. The van der Waals surface area contributed by atoms with Gasteiger partial charge in [0.1, 0.15) is 0 Å². The molecule has 2 nitrogen and oxygen atoms in total. The van der Waals surface area contributed by atoms with Crippen LogP contribution >= 0.6 is 11.8 Å². The minimum atomic E-state index is 0.447.